The van der Waals surface area contributed by atoms with Crippen molar-refractivity contribution in [3.05, 3.63) is 29.8 Å². The Labute approximate surface area is 156 Å². The van der Waals surface area contributed by atoms with Gasteiger partial charge in [0.1, 0.15) is 11.4 Å². The van der Waals surface area contributed by atoms with Crippen LogP contribution >= 0.6 is 0 Å². The van der Waals surface area contributed by atoms with E-state index in [0.29, 0.717) is 11.5 Å². The first-order chi connectivity index (χ1) is 12.3. The van der Waals surface area contributed by atoms with Gasteiger partial charge in [0.15, 0.2) is 5.78 Å². The van der Waals surface area contributed by atoms with Crippen molar-refractivity contribution in [2.45, 2.75) is 64.9 Å². The summed E-state index contributed by atoms with van der Waals surface area (Å²) in [4.78, 5) is 23.9. The third-order valence-corrected chi connectivity index (χ3v) is 4.39. The quantitative estimate of drug-likeness (QED) is 0.712. The molecular weight excluding hydrogens is 330 g/mol. The number of ketones is 1. The average molecular weight is 361 g/mol. The second-order valence-corrected chi connectivity index (χ2v) is 7.94. The van der Waals surface area contributed by atoms with Crippen molar-refractivity contribution < 1.29 is 19.1 Å². The SMILES string of the molecule is CC(C)(C)OC(=O)NCCC(=O)c1cccc(OCC2CCCCC2)c1. The number of hydrogen-bond donors (Lipinski definition) is 1. The summed E-state index contributed by atoms with van der Waals surface area (Å²) in [7, 11) is 0. The fourth-order valence-corrected chi connectivity index (χ4v) is 3.06. The summed E-state index contributed by atoms with van der Waals surface area (Å²) in [6.07, 6.45) is 6.09. The highest BCUT2D eigenvalue weighted by Crippen LogP contribution is 2.25. The van der Waals surface area contributed by atoms with Gasteiger partial charge in [-0.15, -0.1) is 0 Å². The van der Waals surface area contributed by atoms with E-state index in [0.717, 1.165) is 12.4 Å². The van der Waals surface area contributed by atoms with E-state index in [2.05, 4.69) is 5.32 Å². The van der Waals surface area contributed by atoms with Crippen LogP contribution in [0.2, 0.25) is 0 Å². The molecule has 26 heavy (non-hydrogen) atoms. The highest BCUT2D eigenvalue weighted by Gasteiger charge is 2.17. The lowest BCUT2D eigenvalue weighted by Crippen LogP contribution is -2.33. The van der Waals surface area contributed by atoms with Gasteiger partial charge < -0.3 is 14.8 Å². The number of hydrogen-bond acceptors (Lipinski definition) is 4. The van der Waals surface area contributed by atoms with Gasteiger partial charge in [-0.3, -0.25) is 4.79 Å². The number of amides is 1. The Kier molecular flexibility index (Phi) is 7.49. The van der Waals surface area contributed by atoms with Crippen molar-refractivity contribution in [1.82, 2.24) is 5.32 Å². The number of rotatable bonds is 7. The zero-order valence-electron chi connectivity index (χ0n) is 16.2. The lowest BCUT2D eigenvalue weighted by atomic mass is 9.90. The van der Waals surface area contributed by atoms with E-state index in [9.17, 15) is 9.59 Å². The minimum absolute atomic E-state index is 0.0239. The molecule has 144 valence electrons. The molecule has 1 aromatic rings. The van der Waals surface area contributed by atoms with Crippen LogP contribution in [-0.2, 0) is 4.74 Å². The van der Waals surface area contributed by atoms with Gasteiger partial charge in [-0.05, 0) is 51.7 Å². The molecule has 1 saturated carbocycles. The van der Waals surface area contributed by atoms with Gasteiger partial charge in [0.05, 0.1) is 6.61 Å². The van der Waals surface area contributed by atoms with Crippen LogP contribution < -0.4 is 10.1 Å². The third-order valence-electron chi connectivity index (χ3n) is 4.39. The van der Waals surface area contributed by atoms with E-state index in [1.165, 1.54) is 32.1 Å². The smallest absolute Gasteiger partial charge is 0.407 e. The minimum Gasteiger partial charge on any atom is -0.493 e. The molecule has 1 aliphatic rings. The molecular formula is C21H31NO4. The molecule has 5 nitrogen and oxygen atoms in total. The van der Waals surface area contributed by atoms with Gasteiger partial charge in [-0.2, -0.15) is 0 Å². The highest BCUT2D eigenvalue weighted by atomic mass is 16.6. The molecule has 2 rings (SSSR count). The fourth-order valence-electron chi connectivity index (χ4n) is 3.06. The summed E-state index contributed by atoms with van der Waals surface area (Å²) in [6, 6.07) is 7.30. The van der Waals surface area contributed by atoms with Crippen LogP contribution in [0, 0.1) is 5.92 Å². The number of carbonyl (C=O) groups excluding carboxylic acids is 2. The fraction of sp³-hybridized carbons (Fsp3) is 0.619. The topological polar surface area (TPSA) is 64.6 Å². The van der Waals surface area contributed by atoms with Gasteiger partial charge in [0, 0.05) is 18.5 Å². The second kappa shape index (κ2) is 9.60. The van der Waals surface area contributed by atoms with E-state index in [-0.39, 0.29) is 18.7 Å². The van der Waals surface area contributed by atoms with Crippen molar-refractivity contribution in [2.75, 3.05) is 13.2 Å². The first-order valence-electron chi connectivity index (χ1n) is 9.56. The number of benzene rings is 1. The van der Waals surface area contributed by atoms with Crippen LogP contribution in [0.25, 0.3) is 0 Å². The monoisotopic (exact) mass is 361 g/mol. The predicted molar refractivity (Wildman–Crippen MR) is 102 cm³/mol. The predicted octanol–water partition coefficient (Wildman–Crippen LogP) is 4.74. The van der Waals surface area contributed by atoms with Crippen molar-refractivity contribution in [3.63, 3.8) is 0 Å². The van der Waals surface area contributed by atoms with E-state index < -0.39 is 11.7 Å². The van der Waals surface area contributed by atoms with Crippen LogP contribution in [0.4, 0.5) is 4.79 Å². The number of alkyl carbamates (subject to hydrolysis) is 1. The molecule has 0 saturated heterocycles. The number of carbonyl (C=O) groups is 2. The summed E-state index contributed by atoms with van der Waals surface area (Å²) in [5.74, 6) is 1.34. The maximum atomic E-state index is 12.3. The first kappa shape index (κ1) is 20.3. The molecule has 1 fully saturated rings. The maximum Gasteiger partial charge on any atom is 0.407 e. The zero-order valence-corrected chi connectivity index (χ0v) is 16.2. The number of ether oxygens (including phenoxy) is 2. The Morgan fingerprint density at radius 2 is 1.88 bits per heavy atom. The van der Waals surface area contributed by atoms with Crippen molar-refractivity contribution in [2.24, 2.45) is 5.92 Å². The summed E-state index contributed by atoms with van der Waals surface area (Å²) in [5.41, 5.74) is 0.0649. The Hall–Kier alpha value is -2.04. The van der Waals surface area contributed by atoms with Crippen molar-refractivity contribution in [3.8, 4) is 5.75 Å². The average Bonchev–Trinajstić information content (AvgIpc) is 2.59. The van der Waals surface area contributed by atoms with Crippen LogP contribution in [0.15, 0.2) is 24.3 Å². The Balaban J connectivity index is 1.77. The van der Waals surface area contributed by atoms with Gasteiger partial charge >= 0.3 is 6.09 Å². The van der Waals surface area contributed by atoms with Crippen LogP contribution in [0.3, 0.4) is 0 Å². The van der Waals surface area contributed by atoms with Crippen LogP contribution in [0.1, 0.15) is 69.7 Å². The molecule has 0 aromatic heterocycles. The molecule has 0 atom stereocenters. The molecule has 0 aliphatic heterocycles. The van der Waals surface area contributed by atoms with Crippen molar-refractivity contribution in [1.29, 1.82) is 0 Å². The molecule has 1 amide bonds. The van der Waals surface area contributed by atoms with E-state index in [4.69, 9.17) is 9.47 Å². The molecule has 0 spiro atoms. The van der Waals surface area contributed by atoms with E-state index in [1.54, 1.807) is 32.9 Å². The van der Waals surface area contributed by atoms with Gasteiger partial charge in [-0.25, -0.2) is 4.79 Å². The normalized spacial score (nSPS) is 15.3. The summed E-state index contributed by atoms with van der Waals surface area (Å²) >= 11 is 0. The molecule has 1 aromatic carbocycles. The van der Waals surface area contributed by atoms with Crippen LogP contribution in [-0.4, -0.2) is 30.6 Å². The molecule has 1 aliphatic carbocycles. The Morgan fingerprint density at radius 1 is 1.15 bits per heavy atom. The number of Topliss-reactive ketones (excluding diaryl/α,β-unsaturated/α-hetero) is 1. The lowest BCUT2D eigenvalue weighted by molar-refractivity contribution is 0.0527. The summed E-state index contributed by atoms with van der Waals surface area (Å²) < 4.78 is 11.0. The Bertz CT molecular complexity index is 600. The second-order valence-electron chi connectivity index (χ2n) is 7.94. The van der Waals surface area contributed by atoms with Crippen molar-refractivity contribution >= 4 is 11.9 Å². The molecule has 5 heteroatoms. The maximum absolute atomic E-state index is 12.3. The number of nitrogens with one attached hydrogen (secondary N) is 1. The molecule has 0 radical (unpaired) electrons. The molecule has 1 N–H and O–H groups in total. The first-order valence-corrected chi connectivity index (χ1v) is 9.56. The molecule has 0 heterocycles. The standard InChI is InChI=1S/C21H31NO4/c1-21(2,3)26-20(24)22-13-12-19(23)17-10-7-11-18(14-17)25-15-16-8-5-4-6-9-16/h7,10-11,14,16H,4-6,8-9,12-13,15H2,1-3H3,(H,22,24). The summed E-state index contributed by atoms with van der Waals surface area (Å²) in [6.45, 7) is 6.38. The Morgan fingerprint density at radius 3 is 2.58 bits per heavy atom. The minimum atomic E-state index is -0.544. The molecule has 0 unspecified atom stereocenters. The highest BCUT2D eigenvalue weighted by molar-refractivity contribution is 5.96. The van der Waals surface area contributed by atoms with Gasteiger partial charge in [-0.1, -0.05) is 31.4 Å². The van der Waals surface area contributed by atoms with Gasteiger partial charge in [0.25, 0.3) is 0 Å². The third kappa shape index (κ3) is 7.46. The van der Waals surface area contributed by atoms with Gasteiger partial charge in [0.2, 0.25) is 0 Å². The van der Waals surface area contributed by atoms with E-state index in [1.807, 2.05) is 12.1 Å². The lowest BCUT2D eigenvalue weighted by Gasteiger charge is -2.21. The zero-order chi connectivity index (χ0) is 19.0. The van der Waals surface area contributed by atoms with Crippen LogP contribution in [0.5, 0.6) is 5.75 Å². The van der Waals surface area contributed by atoms with E-state index >= 15 is 0 Å². The molecule has 0 bridgehead atoms. The largest absolute Gasteiger partial charge is 0.493 e. The summed E-state index contributed by atoms with van der Waals surface area (Å²) in [5, 5.41) is 2.61.